The number of carbonyl (C=O) groups is 2. The quantitative estimate of drug-likeness (QED) is 0.521. The van der Waals surface area contributed by atoms with Gasteiger partial charge in [-0.1, -0.05) is 59.1 Å². The second-order valence-corrected chi connectivity index (χ2v) is 7.50. The van der Waals surface area contributed by atoms with Crippen molar-refractivity contribution in [3.05, 3.63) is 98.5 Å². The van der Waals surface area contributed by atoms with Gasteiger partial charge in [-0.3, -0.25) is 9.59 Å². The second kappa shape index (κ2) is 8.59. The van der Waals surface area contributed by atoms with E-state index in [2.05, 4.69) is 5.32 Å². The first-order valence-electron chi connectivity index (χ1n) is 8.80. The van der Waals surface area contributed by atoms with Gasteiger partial charge in [-0.15, -0.1) is 0 Å². The average Bonchev–Trinajstić information content (AvgIpc) is 2.65. The van der Waals surface area contributed by atoms with Gasteiger partial charge >= 0.3 is 0 Å². The number of hydrogen-bond donors (Lipinski definition) is 1. The van der Waals surface area contributed by atoms with Crippen molar-refractivity contribution in [1.29, 1.82) is 0 Å². The first-order chi connectivity index (χ1) is 13.3. The van der Waals surface area contributed by atoms with E-state index in [-0.39, 0.29) is 18.1 Å². The van der Waals surface area contributed by atoms with Crippen LogP contribution in [-0.4, -0.2) is 11.7 Å². The summed E-state index contributed by atoms with van der Waals surface area (Å²) in [6.07, 6.45) is 0.217. The summed E-state index contributed by atoms with van der Waals surface area (Å²) in [4.78, 5) is 25.6. The maximum absolute atomic E-state index is 13.0. The van der Waals surface area contributed by atoms with E-state index in [9.17, 15) is 9.59 Å². The Morgan fingerprint density at radius 3 is 2.36 bits per heavy atom. The molecule has 0 aliphatic carbocycles. The molecule has 0 aliphatic rings. The number of ketones is 1. The van der Waals surface area contributed by atoms with Crippen LogP contribution in [0, 0.1) is 13.8 Å². The van der Waals surface area contributed by atoms with Gasteiger partial charge < -0.3 is 5.32 Å². The van der Waals surface area contributed by atoms with Crippen LogP contribution in [-0.2, 0) is 11.2 Å². The lowest BCUT2D eigenvalue weighted by atomic mass is 10.0. The number of rotatable bonds is 5. The molecule has 0 radical (unpaired) electrons. The van der Waals surface area contributed by atoms with Gasteiger partial charge in [0, 0.05) is 16.1 Å². The second-order valence-electron chi connectivity index (χ2n) is 6.65. The van der Waals surface area contributed by atoms with Crippen LogP contribution in [0.3, 0.4) is 0 Å². The highest BCUT2D eigenvalue weighted by molar-refractivity contribution is 6.36. The number of carbonyl (C=O) groups excluding carboxylic acids is 2. The van der Waals surface area contributed by atoms with Crippen molar-refractivity contribution < 1.29 is 9.59 Å². The molecule has 0 unspecified atom stereocenters. The van der Waals surface area contributed by atoms with E-state index < -0.39 is 0 Å². The van der Waals surface area contributed by atoms with Crippen LogP contribution in [0.1, 0.15) is 32.6 Å². The van der Waals surface area contributed by atoms with E-state index in [1.54, 1.807) is 42.5 Å². The average molecular weight is 412 g/mol. The van der Waals surface area contributed by atoms with Crippen molar-refractivity contribution in [3.63, 3.8) is 0 Å². The Kier molecular flexibility index (Phi) is 6.18. The lowest BCUT2D eigenvalue weighted by Crippen LogP contribution is -2.17. The molecule has 0 saturated carbocycles. The molecule has 0 spiro atoms. The standard InChI is InChI=1S/C23H19Cl2NO2/c1-14-7-8-16(15(2)11-14)12-22(27)26-21-10-9-17(24)13-19(21)23(28)18-5-3-4-6-20(18)25/h3-11,13H,12H2,1-2H3,(H,26,27). The van der Waals surface area contributed by atoms with E-state index in [0.29, 0.717) is 26.9 Å². The van der Waals surface area contributed by atoms with Gasteiger partial charge in [0.05, 0.1) is 17.1 Å². The molecule has 3 aromatic rings. The van der Waals surface area contributed by atoms with Crippen LogP contribution in [0.25, 0.3) is 0 Å². The molecule has 0 heterocycles. The lowest BCUT2D eigenvalue weighted by molar-refractivity contribution is -0.115. The zero-order valence-electron chi connectivity index (χ0n) is 15.6. The molecule has 3 aromatic carbocycles. The van der Waals surface area contributed by atoms with E-state index in [1.807, 2.05) is 32.0 Å². The number of hydrogen-bond acceptors (Lipinski definition) is 2. The van der Waals surface area contributed by atoms with Crippen LogP contribution in [0.4, 0.5) is 5.69 Å². The van der Waals surface area contributed by atoms with Gasteiger partial charge in [-0.2, -0.15) is 0 Å². The molecule has 3 rings (SSSR count). The summed E-state index contributed by atoms with van der Waals surface area (Å²) in [6.45, 7) is 3.99. The minimum absolute atomic E-state index is 0.206. The minimum Gasteiger partial charge on any atom is -0.325 e. The number of nitrogens with one attached hydrogen (secondary N) is 1. The van der Waals surface area contributed by atoms with Crippen molar-refractivity contribution in [3.8, 4) is 0 Å². The predicted octanol–water partition coefficient (Wildman–Crippen LogP) is 6.02. The molecule has 3 nitrogen and oxygen atoms in total. The Bertz CT molecular complexity index is 1060. The molecule has 0 aromatic heterocycles. The molecular formula is C23H19Cl2NO2. The first-order valence-corrected chi connectivity index (χ1v) is 9.55. The summed E-state index contributed by atoms with van der Waals surface area (Å²) in [5.41, 5.74) is 4.21. The SMILES string of the molecule is Cc1ccc(CC(=O)Nc2ccc(Cl)cc2C(=O)c2ccccc2Cl)c(C)c1. The third-order valence-corrected chi connectivity index (χ3v) is 5.03. The molecule has 1 amide bonds. The zero-order chi connectivity index (χ0) is 20.3. The summed E-state index contributed by atoms with van der Waals surface area (Å²) in [7, 11) is 0. The number of amides is 1. The van der Waals surface area contributed by atoms with Crippen LogP contribution in [0.15, 0.2) is 60.7 Å². The van der Waals surface area contributed by atoms with E-state index in [0.717, 1.165) is 16.7 Å². The Balaban J connectivity index is 1.87. The normalized spacial score (nSPS) is 10.6. The fourth-order valence-electron chi connectivity index (χ4n) is 3.02. The summed E-state index contributed by atoms with van der Waals surface area (Å²) < 4.78 is 0. The van der Waals surface area contributed by atoms with Crippen LogP contribution in [0.5, 0.6) is 0 Å². The molecule has 0 atom stereocenters. The number of aryl methyl sites for hydroxylation is 2. The van der Waals surface area contributed by atoms with Gasteiger partial charge in [-0.05, 0) is 55.3 Å². The Morgan fingerprint density at radius 1 is 0.893 bits per heavy atom. The number of anilines is 1. The highest BCUT2D eigenvalue weighted by atomic mass is 35.5. The highest BCUT2D eigenvalue weighted by Crippen LogP contribution is 2.27. The molecule has 5 heteroatoms. The van der Waals surface area contributed by atoms with Crippen LogP contribution < -0.4 is 5.32 Å². The maximum Gasteiger partial charge on any atom is 0.228 e. The summed E-state index contributed by atoms with van der Waals surface area (Å²) in [5.74, 6) is -0.502. The summed E-state index contributed by atoms with van der Waals surface area (Å²) >= 11 is 12.3. The largest absolute Gasteiger partial charge is 0.325 e. The van der Waals surface area contributed by atoms with E-state index in [1.165, 1.54) is 0 Å². The molecule has 1 N–H and O–H groups in total. The minimum atomic E-state index is -0.296. The number of halogens is 2. The Hall–Kier alpha value is -2.62. The van der Waals surface area contributed by atoms with Gasteiger partial charge in [0.25, 0.3) is 0 Å². The van der Waals surface area contributed by atoms with Gasteiger partial charge in [-0.25, -0.2) is 0 Å². The molecule has 0 aliphatic heterocycles. The Morgan fingerprint density at radius 2 is 1.64 bits per heavy atom. The summed E-state index contributed by atoms with van der Waals surface area (Å²) in [5, 5.41) is 3.59. The van der Waals surface area contributed by atoms with Crippen molar-refractivity contribution >= 4 is 40.6 Å². The van der Waals surface area contributed by atoms with Crippen molar-refractivity contribution in [1.82, 2.24) is 0 Å². The van der Waals surface area contributed by atoms with Gasteiger partial charge in [0.15, 0.2) is 5.78 Å². The maximum atomic E-state index is 13.0. The van der Waals surface area contributed by atoms with Gasteiger partial charge in [0.2, 0.25) is 5.91 Å². The molecule has 0 saturated heterocycles. The van der Waals surface area contributed by atoms with Crippen LogP contribution >= 0.6 is 23.2 Å². The van der Waals surface area contributed by atoms with E-state index >= 15 is 0 Å². The fourth-order valence-corrected chi connectivity index (χ4v) is 3.41. The molecule has 0 fully saturated rings. The Labute approximate surface area is 174 Å². The molecule has 142 valence electrons. The van der Waals surface area contributed by atoms with Crippen LogP contribution in [0.2, 0.25) is 10.0 Å². The van der Waals surface area contributed by atoms with E-state index in [4.69, 9.17) is 23.2 Å². The number of benzene rings is 3. The summed E-state index contributed by atoms with van der Waals surface area (Å²) in [6, 6.07) is 17.6. The predicted molar refractivity (Wildman–Crippen MR) is 115 cm³/mol. The lowest BCUT2D eigenvalue weighted by Gasteiger charge is -2.13. The fraction of sp³-hybridized carbons (Fsp3) is 0.130. The third-order valence-electron chi connectivity index (χ3n) is 4.47. The monoisotopic (exact) mass is 411 g/mol. The van der Waals surface area contributed by atoms with Gasteiger partial charge in [0.1, 0.15) is 0 Å². The first kappa shape index (κ1) is 20.1. The van der Waals surface area contributed by atoms with Crippen molar-refractivity contribution in [2.75, 3.05) is 5.32 Å². The molecular weight excluding hydrogens is 393 g/mol. The topological polar surface area (TPSA) is 46.2 Å². The third kappa shape index (κ3) is 4.61. The van der Waals surface area contributed by atoms with Crippen molar-refractivity contribution in [2.45, 2.75) is 20.3 Å². The van der Waals surface area contributed by atoms with Crippen molar-refractivity contribution in [2.24, 2.45) is 0 Å². The molecule has 0 bridgehead atoms. The molecule has 28 heavy (non-hydrogen) atoms. The highest BCUT2D eigenvalue weighted by Gasteiger charge is 2.18. The zero-order valence-corrected chi connectivity index (χ0v) is 17.1. The smallest absolute Gasteiger partial charge is 0.228 e.